The summed E-state index contributed by atoms with van der Waals surface area (Å²) in [6.45, 7) is 3.98. The van der Waals surface area contributed by atoms with Crippen LogP contribution in [0.5, 0.6) is 0 Å². The van der Waals surface area contributed by atoms with E-state index < -0.39 is 5.97 Å². The standard InChI is InChI=1S/C13H17NO3S/c1-7-5-11(18-8(7)2)12(15)14-10-4-3-9(6-10)13(16)17/h5,9-10H,3-4,6H2,1-2H3,(H,14,15)(H,16,17)/t9-,10+/m0/s1. The van der Waals surface area contributed by atoms with Gasteiger partial charge in [0.15, 0.2) is 0 Å². The normalized spacial score (nSPS) is 23.0. The Morgan fingerprint density at radius 1 is 1.39 bits per heavy atom. The third-order valence-electron chi connectivity index (χ3n) is 3.51. The Hall–Kier alpha value is -1.36. The Kier molecular flexibility index (Phi) is 3.71. The van der Waals surface area contributed by atoms with Crippen LogP contribution in [0.1, 0.15) is 39.4 Å². The molecule has 0 spiro atoms. The van der Waals surface area contributed by atoms with E-state index in [4.69, 9.17) is 5.11 Å². The molecule has 2 N–H and O–H groups in total. The molecular formula is C13H17NO3S. The van der Waals surface area contributed by atoms with Gasteiger partial charge < -0.3 is 10.4 Å². The molecule has 0 radical (unpaired) electrons. The molecule has 0 unspecified atom stereocenters. The largest absolute Gasteiger partial charge is 0.481 e. The summed E-state index contributed by atoms with van der Waals surface area (Å²) in [5.41, 5.74) is 1.12. The SMILES string of the molecule is Cc1cc(C(=O)N[C@@H]2CC[C@H](C(=O)O)C2)sc1C. The number of rotatable bonds is 3. The highest BCUT2D eigenvalue weighted by atomic mass is 32.1. The molecule has 0 aromatic carbocycles. The molecule has 4 nitrogen and oxygen atoms in total. The van der Waals surface area contributed by atoms with Gasteiger partial charge in [0.05, 0.1) is 10.8 Å². The molecule has 1 aromatic rings. The Morgan fingerprint density at radius 2 is 2.11 bits per heavy atom. The molecule has 2 rings (SSSR count). The molecule has 1 saturated carbocycles. The van der Waals surface area contributed by atoms with E-state index in [1.54, 1.807) is 0 Å². The molecule has 1 fully saturated rings. The third-order valence-corrected chi connectivity index (χ3v) is 4.66. The van der Waals surface area contributed by atoms with Crippen molar-refractivity contribution in [1.82, 2.24) is 5.32 Å². The quantitative estimate of drug-likeness (QED) is 0.883. The predicted octanol–water partition coefficient (Wildman–Crippen LogP) is 2.35. The van der Waals surface area contributed by atoms with Crippen molar-refractivity contribution in [3.63, 3.8) is 0 Å². The number of aliphatic carboxylic acids is 1. The maximum Gasteiger partial charge on any atom is 0.306 e. The Bertz CT molecular complexity index is 461. The lowest BCUT2D eigenvalue weighted by molar-refractivity contribution is -0.141. The summed E-state index contributed by atoms with van der Waals surface area (Å²) < 4.78 is 0. The highest BCUT2D eigenvalue weighted by Crippen LogP contribution is 2.27. The van der Waals surface area contributed by atoms with E-state index in [1.165, 1.54) is 11.3 Å². The van der Waals surface area contributed by atoms with Gasteiger partial charge in [-0.1, -0.05) is 0 Å². The average molecular weight is 267 g/mol. The van der Waals surface area contributed by atoms with Gasteiger partial charge in [0.1, 0.15) is 0 Å². The summed E-state index contributed by atoms with van der Waals surface area (Å²) in [6, 6.07) is 1.89. The summed E-state index contributed by atoms with van der Waals surface area (Å²) >= 11 is 1.48. The molecule has 1 aliphatic rings. The fourth-order valence-corrected chi connectivity index (χ4v) is 3.22. The molecule has 1 aliphatic carbocycles. The summed E-state index contributed by atoms with van der Waals surface area (Å²) in [5, 5.41) is 11.8. The second-order valence-electron chi connectivity index (χ2n) is 4.87. The number of nitrogens with one attached hydrogen (secondary N) is 1. The van der Waals surface area contributed by atoms with Crippen LogP contribution in [0, 0.1) is 19.8 Å². The van der Waals surface area contributed by atoms with Crippen LogP contribution in [-0.2, 0) is 4.79 Å². The molecule has 0 aliphatic heterocycles. The van der Waals surface area contributed by atoms with E-state index in [-0.39, 0.29) is 17.9 Å². The topological polar surface area (TPSA) is 66.4 Å². The van der Waals surface area contributed by atoms with Crippen LogP contribution in [-0.4, -0.2) is 23.0 Å². The molecule has 18 heavy (non-hydrogen) atoms. The van der Waals surface area contributed by atoms with Gasteiger partial charge in [-0.3, -0.25) is 9.59 Å². The van der Waals surface area contributed by atoms with Gasteiger partial charge >= 0.3 is 5.97 Å². The smallest absolute Gasteiger partial charge is 0.306 e. The van der Waals surface area contributed by atoms with E-state index >= 15 is 0 Å². The number of hydrogen-bond donors (Lipinski definition) is 2. The zero-order chi connectivity index (χ0) is 13.3. The highest BCUT2D eigenvalue weighted by Gasteiger charge is 2.30. The Morgan fingerprint density at radius 3 is 2.61 bits per heavy atom. The first-order valence-electron chi connectivity index (χ1n) is 6.08. The third kappa shape index (κ3) is 2.72. The molecule has 1 amide bonds. The van der Waals surface area contributed by atoms with Gasteiger partial charge in [-0.2, -0.15) is 0 Å². The Labute approximate surface area is 110 Å². The Balaban J connectivity index is 1.94. The van der Waals surface area contributed by atoms with Crippen molar-refractivity contribution in [2.45, 2.75) is 39.2 Å². The van der Waals surface area contributed by atoms with E-state index in [0.29, 0.717) is 17.7 Å². The second-order valence-corrected chi connectivity index (χ2v) is 6.12. The van der Waals surface area contributed by atoms with Crippen LogP contribution in [0.4, 0.5) is 0 Å². The van der Waals surface area contributed by atoms with Crippen molar-refractivity contribution in [1.29, 1.82) is 0 Å². The molecule has 1 heterocycles. The molecule has 98 valence electrons. The molecule has 1 aromatic heterocycles. The van der Waals surface area contributed by atoms with Crippen molar-refractivity contribution in [2.24, 2.45) is 5.92 Å². The van der Waals surface area contributed by atoms with Crippen molar-refractivity contribution in [2.75, 3.05) is 0 Å². The number of carbonyl (C=O) groups excluding carboxylic acids is 1. The molecular weight excluding hydrogens is 250 g/mol. The molecule has 5 heteroatoms. The number of thiophene rings is 1. The van der Waals surface area contributed by atoms with Crippen LogP contribution in [0.3, 0.4) is 0 Å². The van der Waals surface area contributed by atoms with Gasteiger partial charge in [-0.25, -0.2) is 0 Å². The first-order valence-corrected chi connectivity index (χ1v) is 6.89. The van der Waals surface area contributed by atoms with E-state index in [0.717, 1.165) is 16.9 Å². The maximum absolute atomic E-state index is 12.0. The lowest BCUT2D eigenvalue weighted by Gasteiger charge is -2.11. The van der Waals surface area contributed by atoms with Crippen molar-refractivity contribution < 1.29 is 14.7 Å². The number of carboxylic acid groups (broad SMARTS) is 1. The van der Waals surface area contributed by atoms with Gasteiger partial charge in [0.25, 0.3) is 5.91 Å². The predicted molar refractivity (Wildman–Crippen MR) is 70.0 cm³/mol. The molecule has 0 bridgehead atoms. The lowest BCUT2D eigenvalue weighted by Crippen LogP contribution is -2.32. The van der Waals surface area contributed by atoms with Crippen LogP contribution in [0.2, 0.25) is 0 Å². The van der Waals surface area contributed by atoms with Crippen molar-refractivity contribution in [3.05, 3.63) is 21.4 Å². The summed E-state index contributed by atoms with van der Waals surface area (Å²) in [5.74, 6) is -1.14. The second kappa shape index (κ2) is 5.10. The summed E-state index contributed by atoms with van der Waals surface area (Å²) in [4.78, 5) is 24.7. The highest BCUT2D eigenvalue weighted by molar-refractivity contribution is 7.14. The van der Waals surface area contributed by atoms with Crippen LogP contribution < -0.4 is 5.32 Å². The number of carboxylic acids is 1. The summed E-state index contributed by atoms with van der Waals surface area (Å²) in [7, 11) is 0. The van der Waals surface area contributed by atoms with Crippen LogP contribution >= 0.6 is 11.3 Å². The van der Waals surface area contributed by atoms with Crippen LogP contribution in [0.15, 0.2) is 6.07 Å². The zero-order valence-corrected chi connectivity index (χ0v) is 11.3. The van der Waals surface area contributed by atoms with Crippen LogP contribution in [0.25, 0.3) is 0 Å². The van der Waals surface area contributed by atoms with Gasteiger partial charge in [0.2, 0.25) is 0 Å². The number of amides is 1. The minimum Gasteiger partial charge on any atom is -0.481 e. The van der Waals surface area contributed by atoms with Gasteiger partial charge in [-0.05, 0) is 44.7 Å². The number of hydrogen-bond acceptors (Lipinski definition) is 3. The van der Waals surface area contributed by atoms with E-state index in [1.807, 2.05) is 19.9 Å². The van der Waals surface area contributed by atoms with Crippen molar-refractivity contribution in [3.8, 4) is 0 Å². The monoisotopic (exact) mass is 267 g/mol. The van der Waals surface area contributed by atoms with E-state index in [2.05, 4.69) is 5.32 Å². The minimum atomic E-state index is -0.755. The fourth-order valence-electron chi connectivity index (χ4n) is 2.28. The number of aryl methyl sites for hydroxylation is 2. The first-order chi connectivity index (χ1) is 8.47. The summed E-state index contributed by atoms with van der Waals surface area (Å²) in [6.07, 6.45) is 1.96. The minimum absolute atomic E-state index is 0.00122. The zero-order valence-electron chi connectivity index (χ0n) is 10.5. The first kappa shape index (κ1) is 13.1. The van der Waals surface area contributed by atoms with E-state index in [9.17, 15) is 9.59 Å². The van der Waals surface area contributed by atoms with Crippen molar-refractivity contribution >= 4 is 23.2 Å². The number of carbonyl (C=O) groups is 2. The fraction of sp³-hybridized carbons (Fsp3) is 0.538. The molecule has 0 saturated heterocycles. The van der Waals surface area contributed by atoms with Gasteiger partial charge in [-0.15, -0.1) is 11.3 Å². The molecule has 2 atom stereocenters. The maximum atomic E-state index is 12.0. The average Bonchev–Trinajstić information content (AvgIpc) is 2.87. The van der Waals surface area contributed by atoms with Gasteiger partial charge in [0, 0.05) is 10.9 Å². The lowest BCUT2D eigenvalue weighted by atomic mass is 10.1.